The topological polar surface area (TPSA) is 79.5 Å². The molecule has 30 heavy (non-hydrogen) atoms. The number of allylic oxidation sites excluding steroid dienone is 3. The number of carbonyl (C=O) groups excluding carboxylic acids is 1. The van der Waals surface area contributed by atoms with Crippen LogP contribution in [0.1, 0.15) is 58.6 Å². The fraction of sp³-hybridized carbons (Fsp3) is 0.520. The summed E-state index contributed by atoms with van der Waals surface area (Å²) >= 11 is 0. The monoisotopic (exact) mass is 412 g/mol. The zero-order valence-electron chi connectivity index (χ0n) is 19.4. The van der Waals surface area contributed by atoms with Gasteiger partial charge in [0.25, 0.3) is 0 Å². The van der Waals surface area contributed by atoms with E-state index < -0.39 is 0 Å². The molecule has 0 aliphatic carbocycles. The third-order valence-corrected chi connectivity index (χ3v) is 5.20. The highest BCUT2D eigenvalue weighted by atomic mass is 16.1. The van der Waals surface area contributed by atoms with E-state index in [-0.39, 0.29) is 12.5 Å². The number of rotatable bonds is 13. The number of carbonyl (C=O) groups is 1. The molecule has 4 N–H and O–H groups in total. The lowest BCUT2D eigenvalue weighted by Crippen LogP contribution is -2.26. The molecule has 0 bridgehead atoms. The number of nitrogens with two attached hydrogens (primary N) is 1. The van der Waals surface area contributed by atoms with Gasteiger partial charge in [-0.1, -0.05) is 57.5 Å². The van der Waals surface area contributed by atoms with Gasteiger partial charge in [-0.15, -0.1) is 0 Å². The van der Waals surface area contributed by atoms with Crippen LogP contribution in [0.3, 0.4) is 0 Å². The second-order valence-corrected chi connectivity index (χ2v) is 8.00. The van der Waals surface area contributed by atoms with E-state index in [1.54, 1.807) is 6.08 Å². The van der Waals surface area contributed by atoms with Crippen LogP contribution in [0.2, 0.25) is 0 Å². The first kappa shape index (κ1) is 25.6. The second kappa shape index (κ2) is 14.6. The van der Waals surface area contributed by atoms with Gasteiger partial charge >= 0.3 is 0 Å². The van der Waals surface area contributed by atoms with Crippen molar-refractivity contribution in [3.05, 3.63) is 59.3 Å². The van der Waals surface area contributed by atoms with Gasteiger partial charge in [0.15, 0.2) is 0 Å². The summed E-state index contributed by atoms with van der Waals surface area (Å²) in [5.41, 5.74) is 9.63. The number of nitrogens with zero attached hydrogens (tertiary/aromatic N) is 1. The average molecular weight is 413 g/mol. The molecule has 1 atom stereocenters. The summed E-state index contributed by atoms with van der Waals surface area (Å²) < 4.78 is 0. The van der Waals surface area contributed by atoms with Crippen LogP contribution in [0.25, 0.3) is 0 Å². The number of hydrogen-bond acceptors (Lipinski definition) is 4. The second-order valence-electron chi connectivity index (χ2n) is 8.00. The maximum Gasteiger partial charge on any atom is 0.241 e. The van der Waals surface area contributed by atoms with Crippen molar-refractivity contribution < 1.29 is 4.79 Å². The van der Waals surface area contributed by atoms with E-state index in [0.717, 1.165) is 29.8 Å². The van der Waals surface area contributed by atoms with Gasteiger partial charge in [0, 0.05) is 12.6 Å². The molecule has 1 amide bonds. The maximum atomic E-state index is 12.1. The Bertz CT molecular complexity index is 717. The third kappa shape index (κ3) is 10.4. The van der Waals surface area contributed by atoms with Crippen LogP contribution in [0, 0.1) is 5.92 Å². The molecule has 0 saturated heterocycles. The molecule has 0 aliphatic heterocycles. The van der Waals surface area contributed by atoms with Gasteiger partial charge in [0.1, 0.15) is 6.54 Å². The number of nitrogens with one attached hydrogen (secondary N) is 2. The molecule has 166 valence electrons. The van der Waals surface area contributed by atoms with E-state index in [2.05, 4.69) is 60.7 Å². The van der Waals surface area contributed by atoms with Crippen molar-refractivity contribution in [2.24, 2.45) is 16.6 Å². The van der Waals surface area contributed by atoms with E-state index in [0.29, 0.717) is 18.5 Å². The van der Waals surface area contributed by atoms with Gasteiger partial charge < -0.3 is 16.4 Å². The van der Waals surface area contributed by atoms with Crippen LogP contribution < -0.4 is 16.4 Å². The first-order valence-electron chi connectivity index (χ1n) is 11.0. The van der Waals surface area contributed by atoms with Crippen LogP contribution in [-0.2, 0) is 17.8 Å². The minimum Gasteiger partial charge on any atom is -0.405 e. The summed E-state index contributed by atoms with van der Waals surface area (Å²) in [4.78, 5) is 16.5. The van der Waals surface area contributed by atoms with Crippen LogP contribution in [0.15, 0.2) is 53.2 Å². The molecule has 5 heteroatoms. The zero-order valence-corrected chi connectivity index (χ0v) is 19.4. The molecular weight excluding hydrogens is 372 g/mol. The van der Waals surface area contributed by atoms with Crippen molar-refractivity contribution in [1.29, 1.82) is 0 Å². The van der Waals surface area contributed by atoms with Gasteiger partial charge in [-0.2, -0.15) is 0 Å². The Labute approximate surface area is 182 Å². The van der Waals surface area contributed by atoms with E-state index in [1.807, 2.05) is 19.9 Å². The molecule has 0 aliphatic rings. The molecule has 0 fully saturated rings. The Morgan fingerprint density at radius 1 is 1.20 bits per heavy atom. The van der Waals surface area contributed by atoms with Gasteiger partial charge in [0.2, 0.25) is 5.91 Å². The molecule has 1 rings (SSSR count). The Morgan fingerprint density at radius 2 is 1.87 bits per heavy atom. The van der Waals surface area contributed by atoms with E-state index >= 15 is 0 Å². The van der Waals surface area contributed by atoms with Crippen molar-refractivity contribution in [2.75, 3.05) is 13.1 Å². The fourth-order valence-electron chi connectivity index (χ4n) is 3.11. The van der Waals surface area contributed by atoms with Crippen molar-refractivity contribution >= 4 is 11.6 Å². The maximum absolute atomic E-state index is 12.1. The highest BCUT2D eigenvalue weighted by Crippen LogP contribution is 2.16. The Kier molecular flexibility index (Phi) is 12.4. The first-order valence-corrected chi connectivity index (χ1v) is 11.0. The van der Waals surface area contributed by atoms with E-state index in [4.69, 9.17) is 5.73 Å². The predicted octanol–water partition coefficient (Wildman–Crippen LogP) is 4.14. The normalized spacial score (nSPS) is 13.8. The van der Waals surface area contributed by atoms with Crippen LogP contribution in [0.4, 0.5) is 0 Å². The minimum absolute atomic E-state index is 0.0888. The van der Waals surface area contributed by atoms with Gasteiger partial charge in [0.05, 0.1) is 5.71 Å². The number of hydrogen-bond donors (Lipinski definition) is 3. The number of aliphatic imine (C=N–C) groups is 1. The Hall–Kier alpha value is -2.40. The molecule has 1 aromatic carbocycles. The first-order chi connectivity index (χ1) is 14.4. The Balaban J connectivity index is 2.51. The van der Waals surface area contributed by atoms with Crippen LogP contribution in [-0.4, -0.2) is 30.8 Å². The molecule has 1 unspecified atom stereocenters. The highest BCUT2D eigenvalue weighted by Gasteiger charge is 2.08. The molecule has 0 spiro atoms. The lowest BCUT2D eigenvalue weighted by atomic mass is 9.93. The summed E-state index contributed by atoms with van der Waals surface area (Å²) in [6.07, 6.45) is 8.58. The smallest absolute Gasteiger partial charge is 0.241 e. The molecule has 0 aromatic heterocycles. The van der Waals surface area contributed by atoms with Crippen molar-refractivity contribution in [3.8, 4) is 0 Å². The van der Waals surface area contributed by atoms with Crippen LogP contribution >= 0.6 is 0 Å². The van der Waals surface area contributed by atoms with Gasteiger partial charge in [-0.25, -0.2) is 0 Å². The van der Waals surface area contributed by atoms with E-state index in [9.17, 15) is 4.79 Å². The summed E-state index contributed by atoms with van der Waals surface area (Å²) in [6.45, 7) is 12.2. The van der Waals surface area contributed by atoms with E-state index in [1.165, 1.54) is 24.6 Å². The SMILES string of the molecule is C/C=C(/C)C(/C=C\N)=NCC(=O)NCc1ccc(CC(CC)CCNC(C)C)cc1. The van der Waals surface area contributed by atoms with Crippen molar-refractivity contribution in [3.63, 3.8) is 0 Å². The zero-order chi connectivity index (χ0) is 22.4. The molecule has 5 nitrogen and oxygen atoms in total. The molecule has 0 saturated carbocycles. The molecular formula is C25H40N4O. The van der Waals surface area contributed by atoms with Gasteiger partial charge in [-0.05, 0) is 68.1 Å². The minimum atomic E-state index is -0.102. The number of benzene rings is 1. The summed E-state index contributed by atoms with van der Waals surface area (Å²) in [7, 11) is 0. The largest absolute Gasteiger partial charge is 0.405 e. The van der Waals surface area contributed by atoms with Crippen molar-refractivity contribution in [1.82, 2.24) is 10.6 Å². The Morgan fingerprint density at radius 3 is 2.43 bits per heavy atom. The molecule has 0 radical (unpaired) electrons. The standard InChI is InChI=1S/C25H40N4O/c1-6-20(5)24(12-14-26)28-18-25(30)29-17-23-10-8-22(9-11-23)16-21(7-2)13-15-27-19(3)4/h6,8-12,14,19,21,27H,7,13,15-18,26H2,1-5H3,(H,29,30)/b14-12-,20-6-,28-24?. The third-order valence-electron chi connectivity index (χ3n) is 5.20. The molecule has 0 heterocycles. The molecule has 1 aromatic rings. The number of amides is 1. The van der Waals surface area contributed by atoms with Crippen molar-refractivity contribution in [2.45, 2.75) is 66.5 Å². The fourth-order valence-corrected chi connectivity index (χ4v) is 3.11. The highest BCUT2D eigenvalue weighted by molar-refractivity contribution is 6.08. The lowest BCUT2D eigenvalue weighted by Gasteiger charge is -2.17. The quantitative estimate of drug-likeness (QED) is 0.426. The average Bonchev–Trinajstić information content (AvgIpc) is 2.74. The summed E-state index contributed by atoms with van der Waals surface area (Å²) in [6, 6.07) is 9.10. The van der Waals surface area contributed by atoms with Gasteiger partial charge in [-0.3, -0.25) is 9.79 Å². The summed E-state index contributed by atoms with van der Waals surface area (Å²) in [5, 5.41) is 6.44. The predicted molar refractivity (Wildman–Crippen MR) is 129 cm³/mol. The lowest BCUT2D eigenvalue weighted by molar-refractivity contribution is -0.119. The summed E-state index contributed by atoms with van der Waals surface area (Å²) in [5.74, 6) is 0.589. The van der Waals surface area contributed by atoms with Crippen LogP contribution in [0.5, 0.6) is 0 Å².